The third kappa shape index (κ3) is 4.76. The third-order valence-electron chi connectivity index (χ3n) is 1.24. The molecule has 0 aromatic rings. The fraction of sp³-hybridized carbons (Fsp3) is 1.00. The predicted octanol–water partition coefficient (Wildman–Crippen LogP) is 0.160. The number of hydrogen-bond acceptors (Lipinski definition) is 3. The monoisotopic (exact) mass is 165 g/mol. The lowest BCUT2D eigenvalue weighted by Crippen LogP contribution is -2.18. The van der Waals surface area contributed by atoms with Crippen LogP contribution in [-0.4, -0.2) is 26.5 Å². The van der Waals surface area contributed by atoms with Crippen molar-refractivity contribution in [2.45, 2.75) is 19.8 Å². The molecular formula is C6H15NO2S. The van der Waals surface area contributed by atoms with Crippen LogP contribution in [0.3, 0.4) is 0 Å². The van der Waals surface area contributed by atoms with Crippen LogP contribution in [0.15, 0.2) is 0 Å². The first kappa shape index (κ1) is 9.91. The van der Waals surface area contributed by atoms with Crippen LogP contribution >= 0.6 is 0 Å². The van der Waals surface area contributed by atoms with E-state index in [1.807, 2.05) is 6.92 Å². The highest BCUT2D eigenvalue weighted by molar-refractivity contribution is 7.91. The van der Waals surface area contributed by atoms with Gasteiger partial charge in [-0.05, 0) is 6.42 Å². The molecule has 0 saturated carbocycles. The largest absolute Gasteiger partial charge is 0.329 e. The zero-order valence-corrected chi connectivity index (χ0v) is 7.15. The van der Waals surface area contributed by atoms with Crippen LogP contribution in [-0.2, 0) is 9.84 Å². The van der Waals surface area contributed by atoms with Crippen molar-refractivity contribution in [3.05, 3.63) is 0 Å². The van der Waals surface area contributed by atoms with Gasteiger partial charge in [0.15, 0.2) is 9.84 Å². The van der Waals surface area contributed by atoms with Crippen molar-refractivity contribution in [2.24, 2.45) is 5.73 Å². The fourth-order valence-electron chi connectivity index (χ4n) is 0.646. The third-order valence-corrected chi connectivity index (χ3v) is 3.01. The molecule has 4 heteroatoms. The standard InChI is InChI=1S/C6H15NO2S/c1-2-3-5-10(8,9)6-4-7/h2-7H2,1H3. The van der Waals surface area contributed by atoms with Gasteiger partial charge < -0.3 is 5.73 Å². The second kappa shape index (κ2) is 4.68. The van der Waals surface area contributed by atoms with Crippen molar-refractivity contribution in [2.75, 3.05) is 18.1 Å². The lowest BCUT2D eigenvalue weighted by Gasteiger charge is -1.98. The lowest BCUT2D eigenvalue weighted by atomic mass is 10.4. The Labute approximate surface area is 62.5 Å². The molecular weight excluding hydrogens is 150 g/mol. The summed E-state index contributed by atoms with van der Waals surface area (Å²) in [5, 5.41) is 0. The Balaban J connectivity index is 3.65. The molecule has 0 unspecified atom stereocenters. The second-order valence-electron chi connectivity index (χ2n) is 2.29. The Morgan fingerprint density at radius 3 is 2.30 bits per heavy atom. The highest BCUT2D eigenvalue weighted by Crippen LogP contribution is 1.95. The molecule has 62 valence electrons. The second-order valence-corrected chi connectivity index (χ2v) is 4.60. The molecule has 0 aliphatic rings. The van der Waals surface area contributed by atoms with Crippen LogP contribution in [0.1, 0.15) is 19.8 Å². The molecule has 0 aliphatic heterocycles. The summed E-state index contributed by atoms with van der Waals surface area (Å²) in [5.41, 5.74) is 5.11. The minimum Gasteiger partial charge on any atom is -0.329 e. The van der Waals surface area contributed by atoms with E-state index in [0.717, 1.165) is 12.8 Å². The molecule has 0 aliphatic carbocycles. The van der Waals surface area contributed by atoms with Crippen molar-refractivity contribution in [3.63, 3.8) is 0 Å². The summed E-state index contributed by atoms with van der Waals surface area (Å²) in [6.07, 6.45) is 1.67. The number of hydrogen-bond donors (Lipinski definition) is 1. The van der Waals surface area contributed by atoms with Crippen molar-refractivity contribution < 1.29 is 8.42 Å². The smallest absolute Gasteiger partial charge is 0.151 e. The Kier molecular flexibility index (Phi) is 4.64. The summed E-state index contributed by atoms with van der Waals surface area (Å²) in [7, 11) is -2.82. The van der Waals surface area contributed by atoms with Crippen molar-refractivity contribution in [1.82, 2.24) is 0 Å². The van der Waals surface area contributed by atoms with Gasteiger partial charge in [0.25, 0.3) is 0 Å². The van der Waals surface area contributed by atoms with Crippen LogP contribution in [0.2, 0.25) is 0 Å². The maximum absolute atomic E-state index is 10.9. The van der Waals surface area contributed by atoms with E-state index < -0.39 is 9.84 Å². The van der Waals surface area contributed by atoms with E-state index in [9.17, 15) is 8.42 Å². The first-order chi connectivity index (χ1) is 4.62. The zero-order valence-electron chi connectivity index (χ0n) is 6.34. The topological polar surface area (TPSA) is 60.2 Å². The van der Waals surface area contributed by atoms with Gasteiger partial charge in [0.1, 0.15) is 0 Å². The van der Waals surface area contributed by atoms with Gasteiger partial charge in [0.05, 0.1) is 11.5 Å². The van der Waals surface area contributed by atoms with Gasteiger partial charge in [-0.2, -0.15) is 0 Å². The van der Waals surface area contributed by atoms with Gasteiger partial charge in [0.2, 0.25) is 0 Å². The summed E-state index contributed by atoms with van der Waals surface area (Å²) >= 11 is 0. The summed E-state index contributed by atoms with van der Waals surface area (Å²) in [6, 6.07) is 0. The van der Waals surface area contributed by atoms with Gasteiger partial charge >= 0.3 is 0 Å². The van der Waals surface area contributed by atoms with Crippen molar-refractivity contribution in [1.29, 1.82) is 0 Å². The average molecular weight is 165 g/mol. The molecule has 3 nitrogen and oxygen atoms in total. The fourth-order valence-corrected chi connectivity index (χ4v) is 1.94. The van der Waals surface area contributed by atoms with Gasteiger partial charge in [-0.3, -0.25) is 0 Å². The van der Waals surface area contributed by atoms with Gasteiger partial charge in [0, 0.05) is 6.54 Å². The number of nitrogens with two attached hydrogens (primary N) is 1. The highest BCUT2D eigenvalue weighted by Gasteiger charge is 2.06. The summed E-state index contributed by atoms with van der Waals surface area (Å²) in [5.74, 6) is 0.424. The molecule has 2 N–H and O–H groups in total. The Hall–Kier alpha value is -0.0900. The molecule has 0 fully saturated rings. The van der Waals surface area contributed by atoms with Crippen LogP contribution < -0.4 is 5.73 Å². The summed E-state index contributed by atoms with van der Waals surface area (Å²) in [6.45, 7) is 2.21. The number of sulfone groups is 1. The SMILES string of the molecule is CCCCS(=O)(=O)CCN. The highest BCUT2D eigenvalue weighted by atomic mass is 32.2. The molecule has 0 aromatic heterocycles. The molecule has 0 radical (unpaired) electrons. The summed E-state index contributed by atoms with van der Waals surface area (Å²) < 4.78 is 21.8. The molecule has 0 aromatic carbocycles. The first-order valence-corrected chi connectivity index (χ1v) is 5.35. The zero-order chi connectivity index (χ0) is 8.04. The van der Waals surface area contributed by atoms with E-state index in [-0.39, 0.29) is 12.3 Å². The normalized spacial score (nSPS) is 11.8. The Bertz CT molecular complexity index is 163. The molecule has 0 rings (SSSR count). The van der Waals surface area contributed by atoms with Gasteiger partial charge in [-0.15, -0.1) is 0 Å². The Morgan fingerprint density at radius 1 is 1.30 bits per heavy atom. The summed E-state index contributed by atoms with van der Waals surface area (Å²) in [4.78, 5) is 0. The maximum Gasteiger partial charge on any atom is 0.151 e. The van der Waals surface area contributed by atoms with E-state index in [4.69, 9.17) is 5.73 Å². The average Bonchev–Trinajstić information content (AvgIpc) is 1.84. The molecule has 0 bridgehead atoms. The van der Waals surface area contributed by atoms with E-state index in [1.165, 1.54) is 0 Å². The van der Waals surface area contributed by atoms with Crippen LogP contribution in [0.4, 0.5) is 0 Å². The van der Waals surface area contributed by atoms with Crippen molar-refractivity contribution in [3.8, 4) is 0 Å². The molecule has 0 heterocycles. The predicted molar refractivity (Wildman–Crippen MR) is 42.6 cm³/mol. The molecule has 0 saturated heterocycles. The van der Waals surface area contributed by atoms with Gasteiger partial charge in [-0.25, -0.2) is 8.42 Å². The van der Waals surface area contributed by atoms with E-state index >= 15 is 0 Å². The van der Waals surface area contributed by atoms with Crippen molar-refractivity contribution >= 4 is 9.84 Å². The number of unbranched alkanes of at least 4 members (excludes halogenated alkanes) is 1. The van der Waals surface area contributed by atoms with Crippen LogP contribution in [0.5, 0.6) is 0 Å². The molecule has 0 amide bonds. The minimum atomic E-state index is -2.82. The van der Waals surface area contributed by atoms with E-state index in [1.54, 1.807) is 0 Å². The molecule has 0 atom stereocenters. The first-order valence-electron chi connectivity index (χ1n) is 3.53. The minimum absolute atomic E-state index is 0.132. The Morgan fingerprint density at radius 2 is 1.90 bits per heavy atom. The lowest BCUT2D eigenvalue weighted by molar-refractivity contribution is 0.592. The van der Waals surface area contributed by atoms with Gasteiger partial charge in [-0.1, -0.05) is 13.3 Å². The number of rotatable bonds is 5. The molecule has 10 heavy (non-hydrogen) atoms. The molecule has 0 spiro atoms. The van der Waals surface area contributed by atoms with E-state index in [2.05, 4.69) is 0 Å². The maximum atomic E-state index is 10.9. The van der Waals surface area contributed by atoms with Crippen LogP contribution in [0, 0.1) is 0 Å². The van der Waals surface area contributed by atoms with E-state index in [0.29, 0.717) is 5.75 Å². The van der Waals surface area contributed by atoms with Crippen LogP contribution in [0.25, 0.3) is 0 Å². The quantitative estimate of drug-likeness (QED) is 0.631.